The molecule has 0 radical (unpaired) electrons. The summed E-state index contributed by atoms with van der Waals surface area (Å²) in [6.45, 7) is 4.33. The first-order chi connectivity index (χ1) is 17.1. The van der Waals surface area contributed by atoms with Gasteiger partial charge in [0.25, 0.3) is 0 Å². The van der Waals surface area contributed by atoms with Crippen molar-refractivity contribution in [2.45, 2.75) is 123 Å². The summed E-state index contributed by atoms with van der Waals surface area (Å²) in [5, 5.41) is 9.09. The van der Waals surface area contributed by atoms with E-state index in [-0.39, 0.29) is 12.4 Å². The van der Waals surface area contributed by atoms with Gasteiger partial charge >= 0.3 is 11.9 Å². The average molecular weight is 487 g/mol. The van der Waals surface area contributed by atoms with Crippen molar-refractivity contribution in [3.8, 4) is 0 Å². The van der Waals surface area contributed by atoms with Gasteiger partial charge in [-0.3, -0.25) is 9.59 Å². The predicted molar refractivity (Wildman–Crippen MR) is 148 cm³/mol. The Morgan fingerprint density at radius 2 is 1.20 bits per heavy atom. The number of carbonyl (C=O) groups excluding carboxylic acids is 1. The molecule has 4 nitrogen and oxygen atoms in total. The fourth-order valence-electron chi connectivity index (χ4n) is 3.53. The fraction of sp³-hybridized carbons (Fsp3) is 0.613. The number of unbranched alkanes of at least 4 members (excludes halogenated alkanes) is 6. The van der Waals surface area contributed by atoms with Crippen molar-refractivity contribution in [2.24, 2.45) is 0 Å². The number of esters is 1. The second-order valence-corrected chi connectivity index (χ2v) is 8.87. The lowest BCUT2D eigenvalue weighted by atomic mass is 10.1. The molecule has 0 aliphatic heterocycles. The van der Waals surface area contributed by atoms with E-state index in [0.717, 1.165) is 64.2 Å². The Morgan fingerprint density at radius 1 is 0.686 bits per heavy atom. The summed E-state index contributed by atoms with van der Waals surface area (Å²) in [6, 6.07) is 0. The summed E-state index contributed by atoms with van der Waals surface area (Å²) in [5.74, 6) is -1.19. The van der Waals surface area contributed by atoms with Crippen molar-refractivity contribution in [1.82, 2.24) is 0 Å². The summed E-state index contributed by atoms with van der Waals surface area (Å²) in [4.78, 5) is 23.2. The Bertz CT molecular complexity index is 655. The summed E-state index contributed by atoms with van der Waals surface area (Å²) >= 11 is 0. The zero-order valence-corrected chi connectivity index (χ0v) is 22.3. The van der Waals surface area contributed by atoms with Gasteiger partial charge in [-0.1, -0.05) is 107 Å². The molecule has 0 spiro atoms. The van der Waals surface area contributed by atoms with E-state index >= 15 is 0 Å². The molecule has 0 aliphatic carbocycles. The van der Waals surface area contributed by atoms with Gasteiger partial charge in [-0.05, 0) is 57.8 Å². The first-order valence-corrected chi connectivity index (χ1v) is 13.8. The van der Waals surface area contributed by atoms with Gasteiger partial charge in [0.15, 0.2) is 0 Å². The van der Waals surface area contributed by atoms with Gasteiger partial charge < -0.3 is 9.84 Å². The molecule has 35 heavy (non-hydrogen) atoms. The van der Waals surface area contributed by atoms with Crippen molar-refractivity contribution in [3.63, 3.8) is 0 Å². The lowest BCUT2D eigenvalue weighted by Crippen LogP contribution is -2.21. The van der Waals surface area contributed by atoms with Crippen LogP contribution in [-0.2, 0) is 14.3 Å². The summed E-state index contributed by atoms with van der Waals surface area (Å²) in [5.41, 5.74) is 0. The first-order valence-electron chi connectivity index (χ1n) is 13.8. The van der Waals surface area contributed by atoms with Crippen LogP contribution in [-0.4, -0.2) is 23.1 Å². The lowest BCUT2D eigenvalue weighted by Gasteiger charge is -2.16. The molecule has 0 rings (SSSR count). The van der Waals surface area contributed by atoms with Crippen LogP contribution in [0.5, 0.6) is 0 Å². The van der Waals surface area contributed by atoms with Crippen LogP contribution in [0.2, 0.25) is 0 Å². The quantitative estimate of drug-likeness (QED) is 0.0888. The molecule has 0 aliphatic rings. The predicted octanol–water partition coefficient (Wildman–Crippen LogP) is 9.05. The highest BCUT2D eigenvalue weighted by atomic mass is 16.5. The van der Waals surface area contributed by atoms with E-state index < -0.39 is 12.1 Å². The third kappa shape index (κ3) is 26.1. The lowest BCUT2D eigenvalue weighted by molar-refractivity contribution is -0.153. The zero-order chi connectivity index (χ0) is 25.8. The maximum atomic E-state index is 12.1. The maximum absolute atomic E-state index is 12.1. The number of hydrogen-bond acceptors (Lipinski definition) is 3. The molecule has 0 amide bonds. The highest BCUT2D eigenvalue weighted by molar-refractivity contribution is 5.71. The Balaban J connectivity index is 3.87. The Kier molecular flexibility index (Phi) is 24.5. The number of carbonyl (C=O) groups is 2. The van der Waals surface area contributed by atoms with Crippen LogP contribution < -0.4 is 0 Å². The van der Waals surface area contributed by atoms with E-state index in [0.29, 0.717) is 12.8 Å². The van der Waals surface area contributed by atoms with Crippen molar-refractivity contribution in [3.05, 3.63) is 60.8 Å². The van der Waals surface area contributed by atoms with Gasteiger partial charge in [-0.25, -0.2) is 0 Å². The zero-order valence-electron chi connectivity index (χ0n) is 22.3. The van der Waals surface area contributed by atoms with Crippen LogP contribution in [0.1, 0.15) is 117 Å². The van der Waals surface area contributed by atoms with E-state index in [1.54, 1.807) is 0 Å². The molecular weight excluding hydrogens is 436 g/mol. The van der Waals surface area contributed by atoms with E-state index in [9.17, 15) is 9.59 Å². The van der Waals surface area contributed by atoms with Crippen molar-refractivity contribution < 1.29 is 19.4 Å². The van der Waals surface area contributed by atoms with Crippen LogP contribution in [0.3, 0.4) is 0 Å². The maximum Gasteiger partial charge on any atom is 0.307 e. The summed E-state index contributed by atoms with van der Waals surface area (Å²) in [6.07, 6.45) is 35.3. The van der Waals surface area contributed by atoms with Gasteiger partial charge in [0.2, 0.25) is 0 Å². The molecule has 0 aromatic carbocycles. The monoisotopic (exact) mass is 486 g/mol. The molecule has 0 fully saturated rings. The number of carboxylic acid groups (broad SMARTS) is 1. The van der Waals surface area contributed by atoms with Crippen LogP contribution in [0.25, 0.3) is 0 Å². The second-order valence-electron chi connectivity index (χ2n) is 8.87. The SMILES string of the molecule is CC/C=C\C/C=C\C/C=C\C/C=C\C/C=C\CCCC(=O)OC(CCCCCCCC)CC(=O)O. The highest BCUT2D eigenvalue weighted by Crippen LogP contribution is 2.14. The van der Waals surface area contributed by atoms with Gasteiger partial charge in [-0.15, -0.1) is 0 Å². The molecule has 198 valence electrons. The van der Waals surface area contributed by atoms with Gasteiger partial charge in [0.1, 0.15) is 6.10 Å². The van der Waals surface area contributed by atoms with Crippen molar-refractivity contribution in [2.75, 3.05) is 0 Å². The third-order valence-corrected chi connectivity index (χ3v) is 5.49. The summed E-state index contributed by atoms with van der Waals surface area (Å²) < 4.78 is 5.45. The standard InChI is InChI=1S/C31H50O4/c1-3-5-7-9-11-12-13-14-15-16-17-18-19-20-21-23-25-27-31(34)35-29(28-30(32)33)26-24-22-10-8-6-4-2/h5,7,11-12,14-15,17-18,20-21,29H,3-4,6,8-10,13,16,19,22-28H2,1-2H3,(H,32,33)/b7-5-,12-11-,15-14-,18-17-,21-20-. The average Bonchev–Trinajstić information content (AvgIpc) is 2.82. The summed E-state index contributed by atoms with van der Waals surface area (Å²) in [7, 11) is 0. The molecule has 0 saturated carbocycles. The molecule has 0 aromatic heterocycles. The van der Waals surface area contributed by atoms with E-state index in [4.69, 9.17) is 9.84 Å². The number of carboxylic acids is 1. The van der Waals surface area contributed by atoms with Crippen LogP contribution in [0, 0.1) is 0 Å². The minimum atomic E-state index is -0.910. The topological polar surface area (TPSA) is 63.6 Å². The molecule has 0 bridgehead atoms. The minimum absolute atomic E-state index is 0.102. The van der Waals surface area contributed by atoms with Crippen molar-refractivity contribution >= 4 is 11.9 Å². The largest absolute Gasteiger partial charge is 0.481 e. The first kappa shape index (κ1) is 32.6. The number of hydrogen-bond donors (Lipinski definition) is 1. The normalized spacial score (nSPS) is 13.2. The van der Waals surface area contributed by atoms with Crippen molar-refractivity contribution in [1.29, 1.82) is 0 Å². The molecule has 1 atom stereocenters. The van der Waals surface area contributed by atoms with Gasteiger partial charge in [0.05, 0.1) is 6.42 Å². The molecule has 4 heteroatoms. The molecular formula is C31H50O4. The Hall–Kier alpha value is -2.36. The van der Waals surface area contributed by atoms with Crippen LogP contribution in [0.4, 0.5) is 0 Å². The molecule has 1 N–H and O–H groups in total. The number of rotatable bonds is 23. The molecule has 1 unspecified atom stereocenters. The number of ether oxygens (including phenoxy) is 1. The fourth-order valence-corrected chi connectivity index (χ4v) is 3.53. The Morgan fingerprint density at radius 3 is 1.74 bits per heavy atom. The van der Waals surface area contributed by atoms with Gasteiger partial charge in [0, 0.05) is 6.42 Å². The van der Waals surface area contributed by atoms with Gasteiger partial charge in [-0.2, -0.15) is 0 Å². The molecule has 0 heterocycles. The van der Waals surface area contributed by atoms with Crippen LogP contribution in [0.15, 0.2) is 60.8 Å². The molecule has 0 saturated heterocycles. The van der Waals surface area contributed by atoms with Crippen LogP contribution >= 0.6 is 0 Å². The highest BCUT2D eigenvalue weighted by Gasteiger charge is 2.17. The number of allylic oxidation sites excluding steroid dienone is 10. The third-order valence-electron chi connectivity index (χ3n) is 5.49. The Labute approximate surface area is 214 Å². The minimum Gasteiger partial charge on any atom is -0.481 e. The van der Waals surface area contributed by atoms with E-state index in [1.165, 1.54) is 19.3 Å². The number of aliphatic carboxylic acids is 1. The van der Waals surface area contributed by atoms with E-state index in [1.807, 2.05) is 0 Å². The smallest absolute Gasteiger partial charge is 0.307 e. The van der Waals surface area contributed by atoms with E-state index in [2.05, 4.69) is 74.6 Å². The second kappa shape index (κ2) is 26.2. The molecule has 0 aromatic rings.